The van der Waals surface area contributed by atoms with Gasteiger partial charge in [0.25, 0.3) is 0 Å². The fourth-order valence-electron chi connectivity index (χ4n) is 1.22. The molecule has 0 amide bonds. The van der Waals surface area contributed by atoms with Gasteiger partial charge in [-0.3, -0.25) is 0 Å². The normalized spacial score (nSPS) is 11.7. The van der Waals surface area contributed by atoms with Gasteiger partial charge in [-0.2, -0.15) is 13.2 Å². The fourth-order valence-corrected chi connectivity index (χ4v) is 1.22. The fraction of sp³-hybridized carbons (Fsp3) is 0.600. The number of nitrogens with zero attached hydrogens (tertiary/aromatic N) is 2. The molecule has 5 nitrogen and oxygen atoms in total. The van der Waals surface area contributed by atoms with Gasteiger partial charge in [-0.1, -0.05) is 13.8 Å². The Morgan fingerprint density at radius 1 is 1.28 bits per heavy atom. The van der Waals surface area contributed by atoms with Gasteiger partial charge < -0.3 is 10.7 Å². The van der Waals surface area contributed by atoms with Crippen molar-refractivity contribution >= 4 is 11.6 Å². The van der Waals surface area contributed by atoms with Crippen LogP contribution in [-0.4, -0.2) is 22.7 Å². The molecule has 4 N–H and O–H groups in total. The van der Waals surface area contributed by atoms with Crippen LogP contribution in [0, 0.1) is 0 Å². The largest absolute Gasteiger partial charge is 0.390 e. The Balaban J connectivity index is 2.73. The van der Waals surface area contributed by atoms with E-state index in [1.54, 1.807) is 0 Å². The van der Waals surface area contributed by atoms with Crippen molar-refractivity contribution in [2.45, 2.75) is 32.4 Å². The minimum atomic E-state index is -4.18. The standard InChI is InChI=1S/C10H16F3N5/c1-6(2)9-16-7(5-8(17-9)18-14)15-4-3-10(11,12)13/h5-6H,3-4,14H2,1-2H3,(H2,15,16,17,18). The van der Waals surface area contributed by atoms with Gasteiger partial charge in [0.05, 0.1) is 6.42 Å². The first-order chi connectivity index (χ1) is 8.31. The van der Waals surface area contributed by atoms with Gasteiger partial charge in [0, 0.05) is 18.5 Å². The number of hydrogen-bond donors (Lipinski definition) is 3. The van der Waals surface area contributed by atoms with Crippen molar-refractivity contribution in [2.24, 2.45) is 5.84 Å². The van der Waals surface area contributed by atoms with E-state index in [1.807, 2.05) is 13.8 Å². The molecule has 0 fully saturated rings. The molecule has 0 saturated heterocycles. The zero-order valence-corrected chi connectivity index (χ0v) is 10.2. The number of hydrazine groups is 1. The van der Waals surface area contributed by atoms with E-state index < -0.39 is 12.6 Å². The van der Waals surface area contributed by atoms with Crippen molar-refractivity contribution in [3.8, 4) is 0 Å². The smallest absolute Gasteiger partial charge is 0.370 e. The molecule has 0 spiro atoms. The quantitative estimate of drug-likeness (QED) is 0.561. The molecule has 0 bridgehead atoms. The highest BCUT2D eigenvalue weighted by Gasteiger charge is 2.26. The van der Waals surface area contributed by atoms with E-state index in [2.05, 4.69) is 20.7 Å². The van der Waals surface area contributed by atoms with E-state index in [9.17, 15) is 13.2 Å². The van der Waals surface area contributed by atoms with Crippen LogP contribution in [-0.2, 0) is 0 Å². The molecule has 0 aliphatic heterocycles. The highest BCUT2D eigenvalue weighted by Crippen LogP contribution is 2.20. The van der Waals surface area contributed by atoms with Crippen LogP contribution in [0.2, 0.25) is 0 Å². The Bertz CT molecular complexity index is 392. The maximum Gasteiger partial charge on any atom is 0.390 e. The molecule has 0 unspecified atom stereocenters. The summed E-state index contributed by atoms with van der Waals surface area (Å²) in [5, 5.41) is 2.60. The van der Waals surface area contributed by atoms with Crippen molar-refractivity contribution in [1.82, 2.24) is 9.97 Å². The minimum Gasteiger partial charge on any atom is -0.370 e. The molecule has 1 rings (SSSR count). The SMILES string of the molecule is CC(C)c1nc(NN)cc(NCCC(F)(F)F)n1. The third-order valence-corrected chi connectivity index (χ3v) is 2.12. The van der Waals surface area contributed by atoms with E-state index >= 15 is 0 Å². The molecule has 1 heterocycles. The summed E-state index contributed by atoms with van der Waals surface area (Å²) in [7, 11) is 0. The highest BCUT2D eigenvalue weighted by molar-refractivity contribution is 5.47. The van der Waals surface area contributed by atoms with Crippen LogP contribution < -0.4 is 16.6 Å². The Morgan fingerprint density at radius 3 is 2.39 bits per heavy atom. The van der Waals surface area contributed by atoms with Crippen molar-refractivity contribution in [1.29, 1.82) is 0 Å². The predicted octanol–water partition coefficient (Wildman–Crippen LogP) is 2.25. The molecule has 0 radical (unpaired) electrons. The second kappa shape index (κ2) is 5.85. The van der Waals surface area contributed by atoms with Crippen molar-refractivity contribution < 1.29 is 13.2 Å². The molecule has 1 aromatic rings. The van der Waals surface area contributed by atoms with Crippen molar-refractivity contribution in [3.63, 3.8) is 0 Å². The van der Waals surface area contributed by atoms with Gasteiger partial charge in [0.15, 0.2) is 0 Å². The lowest BCUT2D eigenvalue weighted by atomic mass is 10.2. The van der Waals surface area contributed by atoms with Gasteiger partial charge in [-0.15, -0.1) is 0 Å². The van der Waals surface area contributed by atoms with Gasteiger partial charge in [-0.05, 0) is 0 Å². The van der Waals surface area contributed by atoms with Crippen molar-refractivity contribution in [3.05, 3.63) is 11.9 Å². The van der Waals surface area contributed by atoms with Crippen LogP contribution in [0.3, 0.4) is 0 Å². The van der Waals surface area contributed by atoms with Gasteiger partial charge in [-0.25, -0.2) is 15.8 Å². The number of anilines is 2. The molecule has 0 aliphatic carbocycles. The summed E-state index contributed by atoms with van der Waals surface area (Å²) in [5.74, 6) is 6.50. The number of nitrogen functional groups attached to an aromatic ring is 1. The van der Waals surface area contributed by atoms with Gasteiger partial charge in [0.1, 0.15) is 17.5 Å². The van der Waals surface area contributed by atoms with E-state index in [0.29, 0.717) is 17.5 Å². The molecule has 102 valence electrons. The van der Waals surface area contributed by atoms with Gasteiger partial charge >= 0.3 is 6.18 Å². The van der Waals surface area contributed by atoms with Crippen LogP contribution in [0.4, 0.5) is 24.8 Å². The Morgan fingerprint density at radius 2 is 1.89 bits per heavy atom. The maximum atomic E-state index is 12.0. The maximum absolute atomic E-state index is 12.0. The lowest BCUT2D eigenvalue weighted by Gasteiger charge is -2.12. The topological polar surface area (TPSA) is 75.9 Å². The minimum absolute atomic E-state index is 0.0569. The molecule has 0 aromatic carbocycles. The third kappa shape index (κ3) is 4.74. The highest BCUT2D eigenvalue weighted by atomic mass is 19.4. The molecule has 0 saturated carbocycles. The molecule has 18 heavy (non-hydrogen) atoms. The zero-order chi connectivity index (χ0) is 13.8. The zero-order valence-electron chi connectivity index (χ0n) is 10.2. The molecule has 1 aromatic heterocycles. The molecule has 8 heteroatoms. The van der Waals surface area contributed by atoms with Crippen LogP contribution >= 0.6 is 0 Å². The lowest BCUT2D eigenvalue weighted by Crippen LogP contribution is -2.17. The molecule has 0 aliphatic rings. The number of hydrogen-bond acceptors (Lipinski definition) is 5. The Kier molecular flexibility index (Phi) is 4.71. The molecule has 0 atom stereocenters. The molecular weight excluding hydrogens is 247 g/mol. The second-order valence-electron chi connectivity index (χ2n) is 4.09. The average molecular weight is 263 g/mol. The first kappa shape index (κ1) is 14.5. The number of aromatic nitrogens is 2. The van der Waals surface area contributed by atoms with E-state index in [1.165, 1.54) is 6.07 Å². The third-order valence-electron chi connectivity index (χ3n) is 2.12. The van der Waals surface area contributed by atoms with E-state index in [4.69, 9.17) is 5.84 Å². The van der Waals surface area contributed by atoms with Crippen LogP contribution in [0.25, 0.3) is 0 Å². The number of nitrogens with one attached hydrogen (secondary N) is 2. The molecular formula is C10H16F3N5. The van der Waals surface area contributed by atoms with Crippen LogP contribution in [0.5, 0.6) is 0 Å². The van der Waals surface area contributed by atoms with Crippen LogP contribution in [0.15, 0.2) is 6.07 Å². The first-order valence-corrected chi connectivity index (χ1v) is 5.48. The lowest BCUT2D eigenvalue weighted by molar-refractivity contribution is -0.131. The average Bonchev–Trinajstić information content (AvgIpc) is 2.26. The Hall–Kier alpha value is -1.57. The summed E-state index contributed by atoms with van der Waals surface area (Å²) >= 11 is 0. The Labute approximate surface area is 103 Å². The number of rotatable bonds is 5. The summed E-state index contributed by atoms with van der Waals surface area (Å²) < 4.78 is 36.0. The summed E-state index contributed by atoms with van der Waals surface area (Å²) in [5.41, 5.74) is 2.36. The predicted molar refractivity (Wildman–Crippen MR) is 63.1 cm³/mol. The van der Waals surface area contributed by atoms with Crippen LogP contribution in [0.1, 0.15) is 32.0 Å². The summed E-state index contributed by atoms with van der Waals surface area (Å²) in [6.07, 6.45) is -5.10. The number of nitrogens with two attached hydrogens (primary N) is 1. The van der Waals surface area contributed by atoms with E-state index in [-0.39, 0.29) is 12.5 Å². The van der Waals surface area contributed by atoms with E-state index in [0.717, 1.165) is 0 Å². The number of halogens is 3. The summed E-state index contributed by atoms with van der Waals surface area (Å²) in [6.45, 7) is 3.53. The summed E-state index contributed by atoms with van der Waals surface area (Å²) in [4.78, 5) is 8.21. The monoisotopic (exact) mass is 263 g/mol. The van der Waals surface area contributed by atoms with Gasteiger partial charge in [0.2, 0.25) is 0 Å². The van der Waals surface area contributed by atoms with Crippen molar-refractivity contribution in [2.75, 3.05) is 17.3 Å². The summed E-state index contributed by atoms with van der Waals surface area (Å²) in [6, 6.07) is 1.46. The number of alkyl halides is 3. The second-order valence-corrected chi connectivity index (χ2v) is 4.09. The first-order valence-electron chi connectivity index (χ1n) is 5.48.